The maximum absolute atomic E-state index is 13.7. The van der Waals surface area contributed by atoms with Crippen molar-refractivity contribution in [1.29, 1.82) is 0 Å². The molecular formula is C12H6F6. The van der Waals surface area contributed by atoms with Crippen LogP contribution in [0.25, 0.3) is 10.8 Å². The van der Waals surface area contributed by atoms with E-state index in [1.54, 1.807) is 0 Å². The van der Waals surface area contributed by atoms with Gasteiger partial charge in [-0.05, 0) is 25.0 Å². The highest BCUT2D eigenvalue weighted by Crippen LogP contribution is 2.34. The van der Waals surface area contributed by atoms with Crippen molar-refractivity contribution in [2.75, 3.05) is 0 Å². The van der Waals surface area contributed by atoms with Crippen molar-refractivity contribution in [3.8, 4) is 0 Å². The molecule has 2 aromatic rings. The molecule has 0 saturated heterocycles. The Morgan fingerprint density at radius 2 is 0.722 bits per heavy atom. The van der Waals surface area contributed by atoms with Crippen molar-refractivity contribution in [1.82, 2.24) is 0 Å². The molecule has 2 aromatic carbocycles. The lowest BCUT2D eigenvalue weighted by atomic mass is 9.99. The molecule has 0 radical (unpaired) electrons. The van der Waals surface area contributed by atoms with Crippen LogP contribution in [-0.4, -0.2) is 0 Å². The zero-order chi connectivity index (χ0) is 13.8. The van der Waals surface area contributed by atoms with Crippen molar-refractivity contribution >= 4 is 10.8 Å². The van der Waals surface area contributed by atoms with Gasteiger partial charge in [0, 0.05) is 0 Å². The fraction of sp³-hybridized carbons (Fsp3) is 0.167. The smallest absolute Gasteiger partial charge is 0.198 e. The zero-order valence-corrected chi connectivity index (χ0v) is 9.27. The van der Waals surface area contributed by atoms with Gasteiger partial charge in [0.15, 0.2) is 23.3 Å². The van der Waals surface area contributed by atoms with Crippen molar-refractivity contribution in [3.63, 3.8) is 0 Å². The molecule has 0 aliphatic carbocycles. The van der Waals surface area contributed by atoms with Gasteiger partial charge in [0.25, 0.3) is 0 Å². The maximum atomic E-state index is 13.7. The fourth-order valence-electron chi connectivity index (χ4n) is 1.75. The molecule has 18 heavy (non-hydrogen) atoms. The number of hydrogen-bond acceptors (Lipinski definition) is 0. The van der Waals surface area contributed by atoms with E-state index in [0.29, 0.717) is 0 Å². The van der Waals surface area contributed by atoms with E-state index in [-0.39, 0.29) is 11.1 Å². The van der Waals surface area contributed by atoms with Crippen LogP contribution in [0.4, 0.5) is 26.3 Å². The summed E-state index contributed by atoms with van der Waals surface area (Å²) in [6.45, 7) is 2.26. The summed E-state index contributed by atoms with van der Waals surface area (Å²) in [5.41, 5.74) is -0.575. The second-order valence-corrected chi connectivity index (χ2v) is 3.88. The van der Waals surface area contributed by atoms with Gasteiger partial charge in [-0.1, -0.05) is 0 Å². The number of hydrogen-bond donors (Lipinski definition) is 0. The van der Waals surface area contributed by atoms with Crippen LogP contribution in [0, 0.1) is 48.8 Å². The van der Waals surface area contributed by atoms with Crippen LogP contribution in [0.1, 0.15) is 11.1 Å². The Hall–Kier alpha value is -1.72. The maximum Gasteiger partial charge on any atom is 0.198 e. The average molecular weight is 264 g/mol. The lowest BCUT2D eigenvalue weighted by Gasteiger charge is -2.11. The first-order valence-corrected chi connectivity index (χ1v) is 4.88. The molecule has 0 atom stereocenters. The molecule has 0 N–H and O–H groups in total. The van der Waals surface area contributed by atoms with Crippen molar-refractivity contribution in [2.45, 2.75) is 13.8 Å². The predicted molar refractivity (Wildman–Crippen MR) is 53.2 cm³/mol. The molecule has 0 fully saturated rings. The standard InChI is InChI=1S/C12H6F6/c1-3-4(2)8(14)6-5(7(3)13)9(15)11(17)12(18)10(6)16/h1-2H3. The Bertz CT molecular complexity index is 562. The molecule has 0 saturated carbocycles. The molecule has 96 valence electrons. The van der Waals surface area contributed by atoms with Gasteiger partial charge in [0.2, 0.25) is 0 Å². The summed E-state index contributed by atoms with van der Waals surface area (Å²) in [6.07, 6.45) is 0. The number of halogens is 6. The minimum absolute atomic E-state index is 0.288. The van der Waals surface area contributed by atoms with E-state index in [4.69, 9.17) is 0 Å². The molecule has 0 nitrogen and oxygen atoms in total. The summed E-state index contributed by atoms with van der Waals surface area (Å²) in [4.78, 5) is 0. The van der Waals surface area contributed by atoms with Crippen LogP contribution in [0.15, 0.2) is 0 Å². The Kier molecular flexibility index (Phi) is 2.76. The van der Waals surface area contributed by atoms with Crippen LogP contribution >= 0.6 is 0 Å². The van der Waals surface area contributed by atoms with Crippen molar-refractivity contribution in [3.05, 3.63) is 46.0 Å². The highest BCUT2D eigenvalue weighted by Gasteiger charge is 2.27. The SMILES string of the molecule is Cc1c(C)c(F)c2c(F)c(F)c(F)c(F)c2c1F. The van der Waals surface area contributed by atoms with Crippen molar-refractivity contribution < 1.29 is 26.3 Å². The van der Waals surface area contributed by atoms with Crippen LogP contribution < -0.4 is 0 Å². The summed E-state index contributed by atoms with van der Waals surface area (Å²) >= 11 is 0. The van der Waals surface area contributed by atoms with Crippen LogP contribution in [-0.2, 0) is 0 Å². The highest BCUT2D eigenvalue weighted by atomic mass is 19.2. The van der Waals surface area contributed by atoms with E-state index in [1.807, 2.05) is 0 Å². The molecule has 0 unspecified atom stereocenters. The average Bonchev–Trinajstić information content (AvgIpc) is 2.35. The molecule has 0 amide bonds. The Morgan fingerprint density at radius 3 is 1.00 bits per heavy atom. The summed E-state index contributed by atoms with van der Waals surface area (Å²) in [5.74, 6) is -10.8. The minimum atomic E-state index is -2.17. The molecule has 6 heteroatoms. The highest BCUT2D eigenvalue weighted by molar-refractivity contribution is 5.87. The zero-order valence-electron chi connectivity index (χ0n) is 9.27. The second-order valence-electron chi connectivity index (χ2n) is 3.88. The third kappa shape index (κ3) is 1.41. The van der Waals surface area contributed by atoms with Gasteiger partial charge in [-0.3, -0.25) is 0 Å². The molecular weight excluding hydrogens is 258 g/mol. The molecule has 2 rings (SSSR count). The van der Waals surface area contributed by atoms with Crippen molar-refractivity contribution in [2.24, 2.45) is 0 Å². The first kappa shape index (κ1) is 12.7. The molecule has 0 heterocycles. The third-order valence-electron chi connectivity index (χ3n) is 2.93. The van der Waals surface area contributed by atoms with E-state index in [0.717, 1.165) is 13.8 Å². The van der Waals surface area contributed by atoms with E-state index in [9.17, 15) is 26.3 Å². The largest absolute Gasteiger partial charge is 0.206 e. The van der Waals surface area contributed by atoms with E-state index < -0.39 is 45.7 Å². The lowest BCUT2D eigenvalue weighted by Crippen LogP contribution is -2.05. The normalized spacial score (nSPS) is 11.3. The minimum Gasteiger partial charge on any atom is -0.206 e. The van der Waals surface area contributed by atoms with E-state index in [2.05, 4.69) is 0 Å². The molecule has 0 bridgehead atoms. The molecule has 0 aliphatic heterocycles. The number of rotatable bonds is 0. The van der Waals surface area contributed by atoms with E-state index >= 15 is 0 Å². The summed E-state index contributed by atoms with van der Waals surface area (Å²) in [7, 11) is 0. The lowest BCUT2D eigenvalue weighted by molar-refractivity contribution is 0.414. The Labute approximate surface area is 97.8 Å². The first-order chi connectivity index (χ1) is 8.29. The second kappa shape index (κ2) is 3.90. The summed E-state index contributed by atoms with van der Waals surface area (Å²) < 4.78 is 80.2. The summed E-state index contributed by atoms with van der Waals surface area (Å²) in [6, 6.07) is 0. The van der Waals surface area contributed by atoms with E-state index in [1.165, 1.54) is 0 Å². The van der Waals surface area contributed by atoms with Gasteiger partial charge < -0.3 is 0 Å². The third-order valence-corrected chi connectivity index (χ3v) is 2.93. The summed E-state index contributed by atoms with van der Waals surface area (Å²) in [5, 5.41) is -2.43. The molecule has 0 spiro atoms. The van der Waals surface area contributed by atoms with Gasteiger partial charge in [0.1, 0.15) is 11.6 Å². The van der Waals surface area contributed by atoms with Crippen LogP contribution in [0.2, 0.25) is 0 Å². The number of benzene rings is 2. The first-order valence-electron chi connectivity index (χ1n) is 4.88. The van der Waals surface area contributed by atoms with Gasteiger partial charge in [-0.15, -0.1) is 0 Å². The monoisotopic (exact) mass is 264 g/mol. The Morgan fingerprint density at radius 1 is 0.444 bits per heavy atom. The molecule has 0 aliphatic rings. The Balaban J connectivity index is 3.22. The quantitative estimate of drug-likeness (QED) is 0.378. The van der Waals surface area contributed by atoms with Gasteiger partial charge in [-0.2, -0.15) is 0 Å². The van der Waals surface area contributed by atoms with Gasteiger partial charge >= 0.3 is 0 Å². The molecule has 0 aromatic heterocycles. The van der Waals surface area contributed by atoms with Crippen LogP contribution in [0.5, 0.6) is 0 Å². The number of fused-ring (bicyclic) bond motifs is 1. The fourth-order valence-corrected chi connectivity index (χ4v) is 1.75. The van der Waals surface area contributed by atoms with Gasteiger partial charge in [0.05, 0.1) is 10.8 Å². The predicted octanol–water partition coefficient (Wildman–Crippen LogP) is 4.29. The van der Waals surface area contributed by atoms with Crippen LogP contribution in [0.3, 0.4) is 0 Å². The van der Waals surface area contributed by atoms with Gasteiger partial charge in [-0.25, -0.2) is 26.3 Å². The topological polar surface area (TPSA) is 0 Å².